The van der Waals surface area contributed by atoms with Gasteiger partial charge in [-0.3, -0.25) is 9.78 Å². The predicted molar refractivity (Wildman–Crippen MR) is 117 cm³/mol. The summed E-state index contributed by atoms with van der Waals surface area (Å²) < 4.78 is 25.2. The summed E-state index contributed by atoms with van der Waals surface area (Å²) >= 11 is 0. The molecule has 1 atom stereocenters. The highest BCUT2D eigenvalue weighted by atomic mass is 19.1. The van der Waals surface area contributed by atoms with Crippen molar-refractivity contribution in [2.45, 2.75) is 13.0 Å². The predicted octanol–water partition coefficient (Wildman–Crippen LogP) is 4.63. The third-order valence-corrected chi connectivity index (χ3v) is 5.50. The van der Waals surface area contributed by atoms with E-state index in [0.717, 1.165) is 17.2 Å². The van der Waals surface area contributed by atoms with Crippen molar-refractivity contribution in [3.8, 4) is 0 Å². The molecule has 1 saturated heterocycles. The molecule has 4 aromatic rings. The van der Waals surface area contributed by atoms with Gasteiger partial charge in [0.05, 0.1) is 30.7 Å². The quantitative estimate of drug-likeness (QED) is 0.507. The van der Waals surface area contributed by atoms with Gasteiger partial charge in [-0.1, -0.05) is 6.07 Å². The van der Waals surface area contributed by atoms with Crippen molar-refractivity contribution < 1.29 is 18.3 Å². The molecule has 0 spiro atoms. The summed E-state index contributed by atoms with van der Waals surface area (Å²) in [5.41, 5.74) is 2.67. The highest BCUT2D eigenvalue weighted by Crippen LogP contribution is 2.29. The van der Waals surface area contributed by atoms with E-state index in [1.165, 1.54) is 12.1 Å². The van der Waals surface area contributed by atoms with Crippen molar-refractivity contribution in [3.05, 3.63) is 83.8 Å². The standard InChI is InChI=1S/C24H21FN4O3/c1-15-18-12-16(25)5-8-20(18)32-23(15)24(30)29-10-11-31-21(14-29)19-7-6-17(13-27-19)28-22-4-2-3-9-26-22/h2-9,12-13,21H,10-11,14H2,1H3,(H,26,28)/t21-/m0/s1. The molecule has 1 aromatic carbocycles. The van der Waals surface area contributed by atoms with Gasteiger partial charge in [-0.2, -0.15) is 0 Å². The molecule has 7 nitrogen and oxygen atoms in total. The van der Waals surface area contributed by atoms with Gasteiger partial charge in [0.15, 0.2) is 5.76 Å². The van der Waals surface area contributed by atoms with Crippen molar-refractivity contribution >= 4 is 28.4 Å². The molecule has 1 aliphatic heterocycles. The van der Waals surface area contributed by atoms with Crippen LogP contribution in [0.3, 0.4) is 0 Å². The number of anilines is 2. The van der Waals surface area contributed by atoms with E-state index in [1.54, 1.807) is 30.3 Å². The Kier molecular flexibility index (Phi) is 5.28. The summed E-state index contributed by atoms with van der Waals surface area (Å²) in [5, 5.41) is 3.79. The number of benzene rings is 1. The Morgan fingerprint density at radius 1 is 1.19 bits per heavy atom. The van der Waals surface area contributed by atoms with E-state index < -0.39 is 0 Å². The second-order valence-corrected chi connectivity index (χ2v) is 7.62. The van der Waals surface area contributed by atoms with Gasteiger partial charge < -0.3 is 19.4 Å². The number of nitrogens with one attached hydrogen (secondary N) is 1. The molecule has 0 aliphatic carbocycles. The van der Waals surface area contributed by atoms with Gasteiger partial charge in [0.2, 0.25) is 0 Å². The normalized spacial score (nSPS) is 16.3. The van der Waals surface area contributed by atoms with Gasteiger partial charge in [0, 0.05) is 23.7 Å². The van der Waals surface area contributed by atoms with Crippen LogP contribution in [0.25, 0.3) is 11.0 Å². The topological polar surface area (TPSA) is 80.5 Å². The molecule has 1 fully saturated rings. The summed E-state index contributed by atoms with van der Waals surface area (Å²) in [7, 11) is 0. The van der Waals surface area contributed by atoms with E-state index in [2.05, 4.69) is 15.3 Å². The van der Waals surface area contributed by atoms with Crippen LogP contribution in [0, 0.1) is 12.7 Å². The molecular weight excluding hydrogens is 411 g/mol. The Morgan fingerprint density at radius 2 is 2.09 bits per heavy atom. The van der Waals surface area contributed by atoms with Crippen molar-refractivity contribution in [1.29, 1.82) is 0 Å². The number of aromatic nitrogens is 2. The van der Waals surface area contributed by atoms with Gasteiger partial charge >= 0.3 is 0 Å². The second-order valence-electron chi connectivity index (χ2n) is 7.62. The van der Waals surface area contributed by atoms with Gasteiger partial charge in [-0.15, -0.1) is 0 Å². The maximum Gasteiger partial charge on any atom is 0.290 e. The summed E-state index contributed by atoms with van der Waals surface area (Å²) in [6, 6.07) is 13.7. The lowest BCUT2D eigenvalue weighted by Gasteiger charge is -2.32. The average molecular weight is 432 g/mol. The van der Waals surface area contributed by atoms with Crippen molar-refractivity contribution in [3.63, 3.8) is 0 Å². The Labute approximate surface area is 183 Å². The third kappa shape index (κ3) is 3.92. The zero-order chi connectivity index (χ0) is 22.1. The molecule has 4 heterocycles. The summed E-state index contributed by atoms with van der Waals surface area (Å²) in [6.07, 6.45) is 3.08. The SMILES string of the molecule is Cc1c(C(=O)N2CCO[C@H](c3ccc(Nc4ccccn4)cn3)C2)oc2ccc(F)cc12. The van der Waals surface area contributed by atoms with Gasteiger partial charge in [-0.25, -0.2) is 9.37 Å². The molecule has 162 valence electrons. The molecule has 0 unspecified atom stereocenters. The maximum absolute atomic E-state index is 13.6. The van der Waals surface area contributed by atoms with Crippen LogP contribution in [0.4, 0.5) is 15.9 Å². The molecule has 8 heteroatoms. The first-order valence-corrected chi connectivity index (χ1v) is 10.3. The Hall–Kier alpha value is -3.78. The fraction of sp³-hybridized carbons (Fsp3) is 0.208. The molecule has 0 bridgehead atoms. The first kappa shape index (κ1) is 20.1. The molecular formula is C24H21FN4O3. The minimum atomic E-state index is -0.362. The maximum atomic E-state index is 13.6. The minimum absolute atomic E-state index is 0.231. The van der Waals surface area contributed by atoms with E-state index in [0.29, 0.717) is 36.2 Å². The van der Waals surface area contributed by atoms with Crippen LogP contribution in [0.15, 0.2) is 65.3 Å². The van der Waals surface area contributed by atoms with E-state index in [-0.39, 0.29) is 23.6 Å². The number of fused-ring (bicyclic) bond motifs is 1. The monoisotopic (exact) mass is 432 g/mol. The summed E-state index contributed by atoms with van der Waals surface area (Å²) in [4.78, 5) is 23.6. The molecule has 5 rings (SSSR count). The number of hydrogen-bond acceptors (Lipinski definition) is 6. The van der Waals surface area contributed by atoms with E-state index in [9.17, 15) is 9.18 Å². The number of nitrogens with zero attached hydrogens (tertiary/aromatic N) is 3. The van der Waals surface area contributed by atoms with Crippen LogP contribution in [-0.4, -0.2) is 40.5 Å². The number of carbonyl (C=O) groups is 1. The molecule has 32 heavy (non-hydrogen) atoms. The molecule has 3 aromatic heterocycles. The summed E-state index contributed by atoms with van der Waals surface area (Å²) in [5.74, 6) is 0.364. The molecule has 1 aliphatic rings. The number of pyridine rings is 2. The van der Waals surface area contributed by atoms with E-state index >= 15 is 0 Å². The first-order valence-electron chi connectivity index (χ1n) is 10.3. The minimum Gasteiger partial charge on any atom is -0.451 e. The van der Waals surface area contributed by atoms with Gasteiger partial charge in [0.25, 0.3) is 5.91 Å². The van der Waals surface area contributed by atoms with Crippen LogP contribution in [-0.2, 0) is 4.74 Å². The molecule has 0 radical (unpaired) electrons. The van der Waals surface area contributed by atoms with Gasteiger partial charge in [-0.05, 0) is 49.4 Å². The van der Waals surface area contributed by atoms with Gasteiger partial charge in [0.1, 0.15) is 23.3 Å². The van der Waals surface area contributed by atoms with Crippen LogP contribution >= 0.6 is 0 Å². The number of ether oxygens (including phenoxy) is 1. The Balaban J connectivity index is 1.31. The fourth-order valence-corrected chi connectivity index (χ4v) is 3.81. The lowest BCUT2D eigenvalue weighted by Crippen LogP contribution is -2.42. The zero-order valence-corrected chi connectivity index (χ0v) is 17.4. The number of halogens is 1. The molecule has 1 N–H and O–H groups in total. The zero-order valence-electron chi connectivity index (χ0n) is 17.4. The number of amides is 1. The third-order valence-electron chi connectivity index (χ3n) is 5.50. The van der Waals surface area contributed by atoms with E-state index in [1.807, 2.05) is 30.3 Å². The first-order chi connectivity index (χ1) is 15.6. The molecule has 1 amide bonds. The van der Waals surface area contributed by atoms with Crippen molar-refractivity contribution in [2.24, 2.45) is 0 Å². The number of carbonyl (C=O) groups excluding carboxylic acids is 1. The highest BCUT2D eigenvalue weighted by Gasteiger charge is 2.30. The fourth-order valence-electron chi connectivity index (χ4n) is 3.81. The van der Waals surface area contributed by atoms with Crippen LogP contribution in [0.1, 0.15) is 27.9 Å². The summed E-state index contributed by atoms with van der Waals surface area (Å²) in [6.45, 7) is 2.95. The second kappa shape index (κ2) is 8.39. The van der Waals surface area contributed by atoms with Crippen LogP contribution in [0.5, 0.6) is 0 Å². The van der Waals surface area contributed by atoms with Crippen LogP contribution in [0.2, 0.25) is 0 Å². The number of aryl methyl sites for hydroxylation is 1. The smallest absolute Gasteiger partial charge is 0.290 e. The highest BCUT2D eigenvalue weighted by molar-refractivity contribution is 5.99. The molecule has 0 saturated carbocycles. The van der Waals surface area contributed by atoms with E-state index in [4.69, 9.17) is 9.15 Å². The largest absolute Gasteiger partial charge is 0.451 e. The number of furan rings is 1. The lowest BCUT2D eigenvalue weighted by molar-refractivity contribution is -0.0256. The number of rotatable bonds is 4. The van der Waals surface area contributed by atoms with Crippen molar-refractivity contribution in [2.75, 3.05) is 25.0 Å². The van der Waals surface area contributed by atoms with Crippen LogP contribution < -0.4 is 5.32 Å². The Morgan fingerprint density at radius 3 is 2.88 bits per heavy atom. The Bertz CT molecular complexity index is 1260. The lowest BCUT2D eigenvalue weighted by atomic mass is 10.1. The number of hydrogen-bond donors (Lipinski definition) is 1. The number of morpholine rings is 1. The van der Waals surface area contributed by atoms with Crippen molar-refractivity contribution in [1.82, 2.24) is 14.9 Å². The average Bonchev–Trinajstić information content (AvgIpc) is 3.15.